The molecule has 0 radical (unpaired) electrons. The molecule has 0 amide bonds. The lowest BCUT2D eigenvalue weighted by atomic mass is 9.90. The molecule has 106 valence electrons. The molecule has 0 bridgehead atoms. The molecule has 2 aromatic rings. The maximum Gasteiger partial charge on any atom is 0.184 e. The van der Waals surface area contributed by atoms with Crippen LogP contribution in [-0.4, -0.2) is 5.78 Å². The van der Waals surface area contributed by atoms with Crippen molar-refractivity contribution in [2.75, 3.05) is 0 Å². The van der Waals surface area contributed by atoms with Crippen LogP contribution in [0.4, 0.5) is 8.78 Å². The molecule has 1 atom stereocenters. The zero-order chi connectivity index (χ0) is 15.6. The van der Waals surface area contributed by atoms with Crippen LogP contribution in [-0.2, 0) is 0 Å². The van der Waals surface area contributed by atoms with Crippen LogP contribution in [0.15, 0.2) is 36.4 Å². The molecule has 0 aromatic heterocycles. The predicted octanol–water partition coefficient (Wildman–Crippen LogP) is 4.42. The van der Waals surface area contributed by atoms with Crippen molar-refractivity contribution in [2.45, 2.75) is 12.8 Å². The van der Waals surface area contributed by atoms with Gasteiger partial charge in [-0.15, -0.1) is 0 Å². The summed E-state index contributed by atoms with van der Waals surface area (Å²) in [5.41, 5.74) is 0.898. The highest BCUT2D eigenvalue weighted by atomic mass is 35.5. The fraction of sp³-hybridized carbons (Fsp3) is 0.125. The van der Waals surface area contributed by atoms with Gasteiger partial charge in [0.2, 0.25) is 0 Å². The van der Waals surface area contributed by atoms with E-state index in [0.717, 1.165) is 12.1 Å². The second kappa shape index (κ2) is 6.02. The molecular weight excluding hydrogens is 296 g/mol. The highest BCUT2D eigenvalue weighted by Crippen LogP contribution is 2.25. The monoisotopic (exact) mass is 305 g/mol. The first kappa shape index (κ1) is 15.1. The Morgan fingerprint density at radius 1 is 1.19 bits per heavy atom. The van der Waals surface area contributed by atoms with E-state index in [4.69, 9.17) is 11.6 Å². The summed E-state index contributed by atoms with van der Waals surface area (Å²) in [4.78, 5) is 12.4. The molecule has 2 nitrogen and oxygen atoms in total. The minimum atomic E-state index is -1.27. The Bertz CT molecular complexity index is 732. The Balaban J connectivity index is 2.46. The number of Topliss-reactive ketones (excluding diaryl/α,β-unsaturated/α-hetero) is 1. The fourth-order valence-corrected chi connectivity index (χ4v) is 2.31. The molecular formula is C16H10ClF2NO. The second-order valence-electron chi connectivity index (χ2n) is 4.59. The third-order valence-corrected chi connectivity index (χ3v) is 3.30. The molecule has 0 aliphatic carbocycles. The number of nitriles is 1. The number of hydrogen-bond donors (Lipinski definition) is 0. The summed E-state index contributed by atoms with van der Waals surface area (Å²) in [6, 6.07) is 9.08. The molecule has 1 unspecified atom stereocenters. The maximum absolute atomic E-state index is 13.2. The Morgan fingerprint density at radius 3 is 2.33 bits per heavy atom. The lowest BCUT2D eigenvalue weighted by Gasteiger charge is -2.11. The first-order valence-electron chi connectivity index (χ1n) is 6.08. The topological polar surface area (TPSA) is 40.9 Å². The number of halogens is 3. The number of aryl methyl sites for hydroxylation is 1. The number of benzene rings is 2. The number of hydrogen-bond acceptors (Lipinski definition) is 2. The SMILES string of the molecule is Cc1cc(Cl)ccc1C(=O)C(C#N)c1cc(F)cc(F)c1. The van der Waals surface area contributed by atoms with E-state index in [0.29, 0.717) is 22.2 Å². The van der Waals surface area contributed by atoms with Crippen LogP contribution in [0.5, 0.6) is 0 Å². The van der Waals surface area contributed by atoms with Crippen LogP contribution in [0.25, 0.3) is 0 Å². The van der Waals surface area contributed by atoms with Gasteiger partial charge in [0.1, 0.15) is 17.6 Å². The van der Waals surface area contributed by atoms with Gasteiger partial charge < -0.3 is 0 Å². The van der Waals surface area contributed by atoms with Crippen molar-refractivity contribution in [3.63, 3.8) is 0 Å². The quantitative estimate of drug-likeness (QED) is 0.788. The van der Waals surface area contributed by atoms with Gasteiger partial charge in [-0.05, 0) is 48.4 Å². The third-order valence-electron chi connectivity index (χ3n) is 3.06. The van der Waals surface area contributed by atoms with Crippen molar-refractivity contribution < 1.29 is 13.6 Å². The van der Waals surface area contributed by atoms with E-state index in [2.05, 4.69) is 0 Å². The van der Waals surface area contributed by atoms with Crippen LogP contribution >= 0.6 is 11.6 Å². The molecule has 0 spiro atoms. The Kier molecular flexibility index (Phi) is 4.35. The third kappa shape index (κ3) is 3.26. The van der Waals surface area contributed by atoms with Gasteiger partial charge in [0.05, 0.1) is 6.07 Å². The van der Waals surface area contributed by atoms with Crippen molar-refractivity contribution in [3.8, 4) is 6.07 Å². The molecule has 0 saturated heterocycles. The van der Waals surface area contributed by atoms with Gasteiger partial charge in [-0.1, -0.05) is 11.6 Å². The predicted molar refractivity (Wildman–Crippen MR) is 75.2 cm³/mol. The van der Waals surface area contributed by atoms with Crippen molar-refractivity contribution >= 4 is 17.4 Å². The number of nitrogens with zero attached hydrogens (tertiary/aromatic N) is 1. The Morgan fingerprint density at radius 2 is 1.81 bits per heavy atom. The molecule has 0 fully saturated rings. The molecule has 0 N–H and O–H groups in total. The van der Waals surface area contributed by atoms with Gasteiger partial charge in [0.15, 0.2) is 5.78 Å². The van der Waals surface area contributed by atoms with E-state index in [1.807, 2.05) is 0 Å². The van der Waals surface area contributed by atoms with Gasteiger partial charge in [-0.3, -0.25) is 4.79 Å². The summed E-state index contributed by atoms with van der Waals surface area (Å²) in [6.45, 7) is 1.68. The summed E-state index contributed by atoms with van der Waals surface area (Å²) >= 11 is 5.82. The highest BCUT2D eigenvalue weighted by Gasteiger charge is 2.24. The van der Waals surface area contributed by atoms with Gasteiger partial charge in [-0.25, -0.2) is 8.78 Å². The molecule has 2 aromatic carbocycles. The molecule has 21 heavy (non-hydrogen) atoms. The van der Waals surface area contributed by atoms with Crippen molar-refractivity contribution in [1.29, 1.82) is 5.26 Å². The summed E-state index contributed by atoms with van der Waals surface area (Å²) in [6.07, 6.45) is 0. The maximum atomic E-state index is 13.2. The normalized spacial score (nSPS) is 11.8. The van der Waals surface area contributed by atoms with E-state index < -0.39 is 23.3 Å². The van der Waals surface area contributed by atoms with Crippen molar-refractivity contribution in [1.82, 2.24) is 0 Å². The minimum Gasteiger partial charge on any atom is -0.292 e. The lowest BCUT2D eigenvalue weighted by Crippen LogP contribution is -2.13. The number of carbonyl (C=O) groups is 1. The average Bonchev–Trinajstić information content (AvgIpc) is 2.38. The average molecular weight is 306 g/mol. The number of ketones is 1. The summed E-state index contributed by atoms with van der Waals surface area (Å²) < 4.78 is 26.5. The van der Waals surface area contributed by atoms with Crippen molar-refractivity contribution in [3.05, 3.63) is 69.7 Å². The fourth-order valence-electron chi connectivity index (χ4n) is 2.09. The molecule has 2 rings (SSSR count). The summed E-state index contributed by atoms with van der Waals surface area (Å²) in [5, 5.41) is 9.66. The van der Waals surface area contributed by atoms with Crippen molar-refractivity contribution in [2.24, 2.45) is 0 Å². The number of rotatable bonds is 3. The van der Waals surface area contributed by atoms with Gasteiger partial charge in [-0.2, -0.15) is 5.26 Å². The molecule has 0 aliphatic rings. The highest BCUT2D eigenvalue weighted by molar-refractivity contribution is 6.30. The van der Waals surface area contributed by atoms with Crippen LogP contribution in [0.2, 0.25) is 5.02 Å². The van der Waals surface area contributed by atoms with Crippen LogP contribution in [0.1, 0.15) is 27.4 Å². The Labute approximate surface area is 125 Å². The zero-order valence-corrected chi connectivity index (χ0v) is 11.8. The zero-order valence-electron chi connectivity index (χ0n) is 11.0. The van der Waals surface area contributed by atoms with E-state index >= 15 is 0 Å². The summed E-state index contributed by atoms with van der Waals surface area (Å²) in [7, 11) is 0. The van der Waals surface area contributed by atoms with E-state index in [9.17, 15) is 18.8 Å². The van der Waals surface area contributed by atoms with E-state index in [-0.39, 0.29) is 5.56 Å². The van der Waals surface area contributed by atoms with Crippen LogP contribution in [0.3, 0.4) is 0 Å². The standard InChI is InChI=1S/C16H10ClF2NO/c1-9-4-11(17)2-3-14(9)16(21)15(8-20)10-5-12(18)7-13(19)6-10/h2-7,15H,1H3. The van der Waals surface area contributed by atoms with E-state index in [1.165, 1.54) is 12.1 Å². The van der Waals surface area contributed by atoms with Gasteiger partial charge in [0.25, 0.3) is 0 Å². The van der Waals surface area contributed by atoms with Gasteiger partial charge >= 0.3 is 0 Å². The van der Waals surface area contributed by atoms with Crippen LogP contribution in [0, 0.1) is 29.9 Å². The lowest BCUT2D eigenvalue weighted by molar-refractivity contribution is 0.0978. The molecule has 0 aliphatic heterocycles. The number of carbonyl (C=O) groups excluding carboxylic acids is 1. The molecule has 5 heteroatoms. The van der Waals surface area contributed by atoms with Crippen LogP contribution < -0.4 is 0 Å². The minimum absolute atomic E-state index is 0.00523. The molecule has 0 saturated carbocycles. The Hall–Kier alpha value is -2.25. The summed E-state index contributed by atoms with van der Waals surface area (Å²) in [5.74, 6) is -3.44. The van der Waals surface area contributed by atoms with Gasteiger partial charge in [0, 0.05) is 16.7 Å². The first-order chi connectivity index (χ1) is 9.92. The molecule has 0 heterocycles. The second-order valence-corrected chi connectivity index (χ2v) is 5.02. The first-order valence-corrected chi connectivity index (χ1v) is 6.46. The largest absolute Gasteiger partial charge is 0.292 e. The van der Waals surface area contributed by atoms with E-state index in [1.54, 1.807) is 19.1 Å². The smallest absolute Gasteiger partial charge is 0.184 e.